The number of hydrogen-bond acceptors (Lipinski definition) is 4. The molecule has 5 nitrogen and oxygen atoms in total. The first-order chi connectivity index (χ1) is 10.2. The van der Waals surface area contributed by atoms with Crippen molar-refractivity contribution in [1.29, 1.82) is 0 Å². The van der Waals surface area contributed by atoms with Gasteiger partial charge in [0.05, 0.1) is 0 Å². The first-order valence-electron chi connectivity index (χ1n) is 7.40. The van der Waals surface area contributed by atoms with E-state index in [4.69, 9.17) is 10.9 Å². The molecule has 0 atom stereocenters. The molecule has 21 heavy (non-hydrogen) atoms. The summed E-state index contributed by atoms with van der Waals surface area (Å²) in [7, 11) is 0. The first kappa shape index (κ1) is 15.7. The summed E-state index contributed by atoms with van der Waals surface area (Å²) in [4.78, 5) is 2.44. The lowest BCUT2D eigenvalue weighted by Gasteiger charge is -2.26. The van der Waals surface area contributed by atoms with Crippen molar-refractivity contribution < 1.29 is 9.60 Å². The molecule has 0 bridgehead atoms. The molecule has 2 rings (SSSR count). The van der Waals surface area contributed by atoms with E-state index in [1.807, 2.05) is 0 Å². The van der Waals surface area contributed by atoms with Crippen LogP contribution in [0, 0.1) is 5.82 Å². The fourth-order valence-corrected chi connectivity index (χ4v) is 2.55. The third kappa shape index (κ3) is 4.68. The molecule has 0 aliphatic carbocycles. The smallest absolute Gasteiger partial charge is 0.170 e. The monoisotopic (exact) mass is 294 g/mol. The van der Waals surface area contributed by atoms with Crippen LogP contribution in [0.15, 0.2) is 23.4 Å². The highest BCUT2D eigenvalue weighted by Gasteiger charge is 2.09. The third-order valence-corrected chi connectivity index (χ3v) is 3.83. The van der Waals surface area contributed by atoms with Crippen molar-refractivity contribution in [1.82, 2.24) is 10.2 Å². The molecule has 0 radical (unpaired) electrons. The molecule has 6 heteroatoms. The molecule has 0 amide bonds. The number of oxime groups is 1. The molecule has 4 N–H and O–H groups in total. The molecule has 0 spiro atoms. The van der Waals surface area contributed by atoms with Gasteiger partial charge in [0.1, 0.15) is 5.82 Å². The van der Waals surface area contributed by atoms with Crippen LogP contribution >= 0.6 is 0 Å². The Morgan fingerprint density at radius 3 is 2.76 bits per heavy atom. The SMILES string of the molecule is NC(=NO)c1ccc(CNCCN2CCCCC2)c(F)c1. The number of halogens is 1. The number of nitrogens with one attached hydrogen (secondary N) is 1. The Morgan fingerprint density at radius 2 is 2.10 bits per heavy atom. The highest BCUT2D eigenvalue weighted by molar-refractivity contribution is 5.97. The maximum absolute atomic E-state index is 13.9. The molecule has 0 saturated carbocycles. The summed E-state index contributed by atoms with van der Waals surface area (Å²) >= 11 is 0. The van der Waals surface area contributed by atoms with Gasteiger partial charge in [-0.15, -0.1) is 0 Å². The normalized spacial score (nSPS) is 17.1. The molecule has 1 saturated heterocycles. The molecule has 1 fully saturated rings. The van der Waals surface area contributed by atoms with Gasteiger partial charge in [-0.05, 0) is 32.0 Å². The molecule has 0 unspecified atom stereocenters. The minimum absolute atomic E-state index is 0.0847. The van der Waals surface area contributed by atoms with Gasteiger partial charge in [0.15, 0.2) is 5.84 Å². The lowest BCUT2D eigenvalue weighted by Crippen LogP contribution is -2.35. The number of likely N-dealkylation sites (tertiary alicyclic amines) is 1. The average molecular weight is 294 g/mol. The lowest BCUT2D eigenvalue weighted by atomic mass is 10.1. The second-order valence-electron chi connectivity index (χ2n) is 5.37. The second-order valence-corrected chi connectivity index (χ2v) is 5.37. The van der Waals surface area contributed by atoms with E-state index in [1.165, 1.54) is 38.4 Å². The third-order valence-electron chi connectivity index (χ3n) is 3.83. The predicted molar refractivity (Wildman–Crippen MR) is 80.9 cm³/mol. The quantitative estimate of drug-likeness (QED) is 0.244. The Bertz CT molecular complexity index is 487. The van der Waals surface area contributed by atoms with Gasteiger partial charge in [0.2, 0.25) is 0 Å². The summed E-state index contributed by atoms with van der Waals surface area (Å²) < 4.78 is 13.9. The van der Waals surface area contributed by atoms with Crippen molar-refractivity contribution in [2.24, 2.45) is 10.9 Å². The molecule has 1 aromatic rings. The number of nitrogens with zero attached hydrogens (tertiary/aromatic N) is 2. The number of nitrogens with two attached hydrogens (primary N) is 1. The van der Waals surface area contributed by atoms with Crippen LogP contribution in [-0.2, 0) is 6.54 Å². The van der Waals surface area contributed by atoms with Crippen LogP contribution < -0.4 is 11.1 Å². The average Bonchev–Trinajstić information content (AvgIpc) is 2.53. The fraction of sp³-hybridized carbons (Fsp3) is 0.533. The molecular weight excluding hydrogens is 271 g/mol. The van der Waals surface area contributed by atoms with Crippen LogP contribution in [-0.4, -0.2) is 42.1 Å². The van der Waals surface area contributed by atoms with E-state index in [-0.39, 0.29) is 11.7 Å². The van der Waals surface area contributed by atoms with Crippen LogP contribution in [0.1, 0.15) is 30.4 Å². The van der Waals surface area contributed by atoms with Crippen molar-refractivity contribution in [3.05, 3.63) is 35.1 Å². The zero-order valence-corrected chi connectivity index (χ0v) is 12.2. The van der Waals surface area contributed by atoms with Crippen LogP contribution in [0.4, 0.5) is 4.39 Å². The van der Waals surface area contributed by atoms with E-state index >= 15 is 0 Å². The summed E-state index contributed by atoms with van der Waals surface area (Å²) in [6.07, 6.45) is 3.90. The lowest BCUT2D eigenvalue weighted by molar-refractivity contribution is 0.229. The topological polar surface area (TPSA) is 73.9 Å². The molecule has 116 valence electrons. The fourth-order valence-electron chi connectivity index (χ4n) is 2.55. The van der Waals surface area contributed by atoms with Gasteiger partial charge in [0, 0.05) is 30.8 Å². The van der Waals surface area contributed by atoms with Gasteiger partial charge < -0.3 is 21.2 Å². The summed E-state index contributed by atoms with van der Waals surface area (Å²) in [5.41, 5.74) is 6.40. The number of benzene rings is 1. The molecule has 1 aliphatic heterocycles. The number of hydrogen-bond donors (Lipinski definition) is 3. The first-order valence-corrected chi connectivity index (χ1v) is 7.40. The largest absolute Gasteiger partial charge is 0.409 e. The Morgan fingerprint density at radius 1 is 1.33 bits per heavy atom. The van der Waals surface area contributed by atoms with Crippen molar-refractivity contribution >= 4 is 5.84 Å². The maximum Gasteiger partial charge on any atom is 0.170 e. The van der Waals surface area contributed by atoms with Crippen LogP contribution in [0.5, 0.6) is 0 Å². The van der Waals surface area contributed by atoms with E-state index in [0.29, 0.717) is 17.7 Å². The van der Waals surface area contributed by atoms with Gasteiger partial charge in [0.25, 0.3) is 0 Å². The van der Waals surface area contributed by atoms with Gasteiger partial charge in [-0.25, -0.2) is 4.39 Å². The zero-order valence-electron chi connectivity index (χ0n) is 12.2. The van der Waals surface area contributed by atoms with Gasteiger partial charge in [-0.2, -0.15) is 0 Å². The predicted octanol–water partition coefficient (Wildman–Crippen LogP) is 1.50. The van der Waals surface area contributed by atoms with E-state index in [9.17, 15) is 4.39 Å². The maximum atomic E-state index is 13.9. The van der Waals surface area contributed by atoms with Crippen LogP contribution in [0.2, 0.25) is 0 Å². The standard InChI is InChI=1S/C15H23FN4O/c16-14-10-12(15(17)19-21)4-5-13(14)11-18-6-9-20-7-2-1-3-8-20/h4-5,10,18,21H,1-3,6-9,11H2,(H2,17,19). The van der Waals surface area contributed by atoms with Crippen molar-refractivity contribution in [2.75, 3.05) is 26.2 Å². The molecule has 0 aromatic heterocycles. The Hall–Kier alpha value is -1.66. The highest BCUT2D eigenvalue weighted by atomic mass is 19.1. The number of piperidine rings is 1. The zero-order chi connectivity index (χ0) is 15.1. The van der Waals surface area contributed by atoms with Crippen LogP contribution in [0.3, 0.4) is 0 Å². The van der Waals surface area contributed by atoms with Gasteiger partial charge in [-0.1, -0.05) is 23.7 Å². The van der Waals surface area contributed by atoms with Crippen molar-refractivity contribution in [3.8, 4) is 0 Å². The van der Waals surface area contributed by atoms with Gasteiger partial charge >= 0.3 is 0 Å². The summed E-state index contributed by atoms with van der Waals surface area (Å²) in [6.45, 7) is 4.68. The van der Waals surface area contributed by atoms with Crippen molar-refractivity contribution in [3.63, 3.8) is 0 Å². The Labute approximate surface area is 124 Å². The number of amidine groups is 1. The minimum Gasteiger partial charge on any atom is -0.409 e. The second kappa shape index (κ2) is 7.95. The van der Waals surface area contributed by atoms with E-state index in [0.717, 1.165) is 13.1 Å². The molecule has 1 aliphatic rings. The molecule has 1 heterocycles. The van der Waals surface area contributed by atoms with E-state index < -0.39 is 0 Å². The molecule has 1 aromatic carbocycles. The molecular formula is C15H23FN4O. The van der Waals surface area contributed by atoms with E-state index in [2.05, 4.69) is 15.4 Å². The Balaban J connectivity index is 1.77. The van der Waals surface area contributed by atoms with Crippen LogP contribution in [0.25, 0.3) is 0 Å². The Kier molecular flexibility index (Phi) is 5.95. The highest BCUT2D eigenvalue weighted by Crippen LogP contribution is 2.11. The number of rotatable bonds is 6. The summed E-state index contributed by atoms with van der Waals surface area (Å²) in [5.74, 6) is -0.428. The van der Waals surface area contributed by atoms with E-state index in [1.54, 1.807) is 12.1 Å². The minimum atomic E-state index is -0.343. The van der Waals surface area contributed by atoms with Crippen molar-refractivity contribution in [2.45, 2.75) is 25.8 Å². The summed E-state index contributed by atoms with van der Waals surface area (Å²) in [5, 5.41) is 14.7. The summed E-state index contributed by atoms with van der Waals surface area (Å²) in [6, 6.07) is 4.60. The van der Waals surface area contributed by atoms with Gasteiger partial charge in [-0.3, -0.25) is 0 Å².